The number of amides is 2. The fraction of sp³-hybridized carbons (Fsp3) is 0.500. The van der Waals surface area contributed by atoms with E-state index in [0.29, 0.717) is 16.9 Å². The van der Waals surface area contributed by atoms with Crippen molar-refractivity contribution >= 4 is 49.3 Å². The van der Waals surface area contributed by atoms with Crippen molar-refractivity contribution in [1.29, 1.82) is 0 Å². The minimum absolute atomic E-state index is 0.0474. The lowest BCUT2D eigenvalue weighted by atomic mass is 10.1. The van der Waals surface area contributed by atoms with Crippen molar-refractivity contribution < 1.29 is 24.0 Å². The Balaban J connectivity index is 1.34. The number of aliphatic hydroxyl groups excluding tert-OH is 1. The highest BCUT2D eigenvalue weighted by atomic mass is 32.1. The number of carbonyl (C=O) groups is 2. The van der Waals surface area contributed by atoms with Crippen LogP contribution in [-0.2, 0) is 9.95 Å². The van der Waals surface area contributed by atoms with Gasteiger partial charge in [-0.2, -0.15) is 0 Å². The van der Waals surface area contributed by atoms with Gasteiger partial charge in [-0.15, -0.1) is 11.3 Å². The number of benzene rings is 1. The SMILES string of the molecule is O=C(N[C@H]1CCC[C@H]2CC[C@@H](CO)N2C1=O)c1cc2cc(C3(F)PP3O)ccc2s1. The first-order chi connectivity index (χ1) is 14.4. The van der Waals surface area contributed by atoms with E-state index in [9.17, 15) is 24.0 Å². The van der Waals surface area contributed by atoms with E-state index in [-0.39, 0.29) is 38.8 Å². The molecular weight excluding hydrogens is 445 g/mol. The van der Waals surface area contributed by atoms with Gasteiger partial charge in [0.1, 0.15) is 6.04 Å². The van der Waals surface area contributed by atoms with Gasteiger partial charge in [0.05, 0.1) is 25.4 Å². The average molecular weight is 468 g/mol. The predicted octanol–water partition coefficient (Wildman–Crippen LogP) is 3.61. The lowest BCUT2D eigenvalue weighted by Crippen LogP contribution is -2.51. The molecule has 4 heterocycles. The van der Waals surface area contributed by atoms with E-state index < -0.39 is 19.0 Å². The Morgan fingerprint density at radius 3 is 2.87 bits per heavy atom. The fourth-order valence-electron chi connectivity index (χ4n) is 4.67. The zero-order valence-electron chi connectivity index (χ0n) is 16.2. The van der Waals surface area contributed by atoms with Crippen molar-refractivity contribution in [2.45, 2.75) is 55.4 Å². The summed E-state index contributed by atoms with van der Waals surface area (Å²) in [5, 5.41) is 11.7. The summed E-state index contributed by atoms with van der Waals surface area (Å²) < 4.78 is 15.4. The first-order valence-electron chi connectivity index (χ1n) is 10.1. The van der Waals surface area contributed by atoms with E-state index in [1.807, 2.05) is 0 Å². The molecule has 0 aliphatic carbocycles. The highest BCUT2D eigenvalue weighted by Crippen LogP contribution is 2.94. The Hall–Kier alpha value is -1.17. The molecule has 0 saturated carbocycles. The van der Waals surface area contributed by atoms with Crippen molar-refractivity contribution in [2.24, 2.45) is 0 Å². The second-order valence-electron chi connectivity index (χ2n) is 8.18. The van der Waals surface area contributed by atoms with Crippen LogP contribution in [0.5, 0.6) is 0 Å². The lowest BCUT2D eigenvalue weighted by Gasteiger charge is -2.30. The molecule has 30 heavy (non-hydrogen) atoms. The van der Waals surface area contributed by atoms with Crippen LogP contribution in [0.2, 0.25) is 0 Å². The standard InChI is InChI=1S/C20H23FN2O4P2S/c21-20(28-29(20)27)12-4-7-16-11(8-12)9-17(30-16)18(25)22-15-3-1-2-13-5-6-14(10-24)23(13)19(15)26/h4,7-9,13-15,24,27-28H,1-3,5-6,10H2,(H,22,25)/t13-,14-,15-,20?,29?/m0/s1. The van der Waals surface area contributed by atoms with Crippen LogP contribution in [-0.4, -0.2) is 51.4 Å². The molecule has 2 amide bonds. The number of hydrogen-bond acceptors (Lipinski definition) is 5. The number of hydrogen-bond donors (Lipinski definition) is 3. The molecule has 3 N–H and O–H groups in total. The summed E-state index contributed by atoms with van der Waals surface area (Å²) >= 11 is 1.31. The van der Waals surface area contributed by atoms with Crippen molar-refractivity contribution in [2.75, 3.05) is 6.61 Å². The Kier molecular flexibility index (Phi) is 5.35. The van der Waals surface area contributed by atoms with Gasteiger partial charge in [-0.05, 0) is 64.0 Å². The van der Waals surface area contributed by atoms with E-state index in [1.54, 1.807) is 29.2 Å². The number of rotatable bonds is 4. The highest BCUT2D eigenvalue weighted by molar-refractivity contribution is 8.36. The Bertz CT molecular complexity index is 1020. The third-order valence-electron chi connectivity index (χ3n) is 6.34. The molecule has 3 saturated heterocycles. The lowest BCUT2D eigenvalue weighted by molar-refractivity contribution is -0.136. The summed E-state index contributed by atoms with van der Waals surface area (Å²) in [5.41, 5.74) is 0.473. The summed E-state index contributed by atoms with van der Waals surface area (Å²) in [6.07, 6.45) is 4.06. The van der Waals surface area contributed by atoms with E-state index in [0.717, 1.165) is 35.8 Å². The Morgan fingerprint density at radius 2 is 2.13 bits per heavy atom. The van der Waals surface area contributed by atoms with Crippen LogP contribution in [0.1, 0.15) is 47.3 Å². The normalized spacial score (nSPS) is 34.2. The molecule has 2 aromatic rings. The molecule has 0 bridgehead atoms. The highest BCUT2D eigenvalue weighted by Gasteiger charge is 2.57. The number of nitrogens with one attached hydrogen (secondary N) is 1. The number of halogens is 1. The summed E-state index contributed by atoms with van der Waals surface area (Å²) in [5.74, 6) is -0.404. The van der Waals surface area contributed by atoms with Crippen LogP contribution in [0.3, 0.4) is 0 Å². The van der Waals surface area contributed by atoms with Gasteiger partial charge in [-0.1, -0.05) is 6.07 Å². The molecule has 0 spiro atoms. The van der Waals surface area contributed by atoms with Crippen molar-refractivity contribution in [3.8, 4) is 0 Å². The van der Waals surface area contributed by atoms with Gasteiger partial charge in [0.2, 0.25) is 11.1 Å². The number of alkyl halides is 1. The molecule has 0 radical (unpaired) electrons. The van der Waals surface area contributed by atoms with E-state index in [4.69, 9.17) is 0 Å². The summed E-state index contributed by atoms with van der Waals surface area (Å²) in [4.78, 5) is 37.9. The zero-order chi connectivity index (χ0) is 21.0. The van der Waals surface area contributed by atoms with Crippen molar-refractivity contribution in [3.05, 3.63) is 34.7 Å². The molecule has 1 aromatic carbocycles. The molecule has 5 rings (SSSR count). The second kappa shape index (κ2) is 7.75. The van der Waals surface area contributed by atoms with Crippen LogP contribution in [0.25, 0.3) is 10.1 Å². The molecule has 6 atom stereocenters. The molecule has 1 aromatic heterocycles. The van der Waals surface area contributed by atoms with Gasteiger partial charge < -0.3 is 20.2 Å². The molecule has 3 unspecified atom stereocenters. The number of fused-ring (bicyclic) bond motifs is 2. The first kappa shape index (κ1) is 20.7. The smallest absolute Gasteiger partial charge is 0.262 e. The van der Waals surface area contributed by atoms with Crippen LogP contribution in [0.15, 0.2) is 24.3 Å². The second-order valence-corrected chi connectivity index (χ2v) is 13.8. The maximum absolute atomic E-state index is 14.5. The van der Waals surface area contributed by atoms with Gasteiger partial charge in [0, 0.05) is 16.3 Å². The minimum Gasteiger partial charge on any atom is -0.394 e. The maximum Gasteiger partial charge on any atom is 0.262 e. The monoisotopic (exact) mass is 468 g/mol. The van der Waals surface area contributed by atoms with Crippen LogP contribution < -0.4 is 5.32 Å². The zero-order valence-corrected chi connectivity index (χ0v) is 18.9. The van der Waals surface area contributed by atoms with Gasteiger partial charge in [-0.25, -0.2) is 4.39 Å². The average Bonchev–Trinajstić information content (AvgIpc) is 3.10. The fourth-order valence-corrected chi connectivity index (χ4v) is 8.39. The minimum atomic E-state index is -1.59. The first-order valence-corrected chi connectivity index (χ1v) is 14.1. The van der Waals surface area contributed by atoms with Crippen LogP contribution >= 0.6 is 27.4 Å². The van der Waals surface area contributed by atoms with Crippen molar-refractivity contribution in [3.63, 3.8) is 0 Å². The van der Waals surface area contributed by atoms with Crippen LogP contribution in [0.4, 0.5) is 4.39 Å². The Morgan fingerprint density at radius 1 is 1.33 bits per heavy atom. The molecule has 3 fully saturated rings. The Labute approximate surface area is 180 Å². The number of thiophene rings is 1. The van der Waals surface area contributed by atoms with Crippen LogP contribution in [0, 0.1) is 0 Å². The number of aliphatic hydroxyl groups is 1. The summed E-state index contributed by atoms with van der Waals surface area (Å²) in [6.45, 7) is -0.0474. The third-order valence-corrected chi connectivity index (χ3v) is 11.4. The quantitative estimate of drug-likeness (QED) is 0.598. The number of nitrogens with zero attached hydrogens (tertiary/aromatic N) is 1. The van der Waals surface area contributed by atoms with Crippen molar-refractivity contribution in [1.82, 2.24) is 10.2 Å². The van der Waals surface area contributed by atoms with Gasteiger partial charge in [0.25, 0.3) is 5.91 Å². The molecule has 6 nitrogen and oxygen atoms in total. The van der Waals surface area contributed by atoms with Gasteiger partial charge >= 0.3 is 0 Å². The summed E-state index contributed by atoms with van der Waals surface area (Å²) in [6, 6.07) is 6.33. The molecule has 10 heteroatoms. The number of carbonyl (C=O) groups excluding carboxylic acids is 2. The van der Waals surface area contributed by atoms with Gasteiger partial charge in [0.15, 0.2) is 0 Å². The van der Waals surface area contributed by atoms with E-state index in [1.165, 1.54) is 11.3 Å². The predicted molar refractivity (Wildman–Crippen MR) is 118 cm³/mol. The molecular formula is C20H23FN2O4P2S. The molecule has 3 aliphatic heterocycles. The maximum atomic E-state index is 14.5. The molecule has 160 valence electrons. The molecule has 3 aliphatic rings. The van der Waals surface area contributed by atoms with E-state index in [2.05, 4.69) is 5.32 Å². The van der Waals surface area contributed by atoms with E-state index >= 15 is 0 Å². The third kappa shape index (κ3) is 3.47. The largest absolute Gasteiger partial charge is 0.394 e. The topological polar surface area (TPSA) is 89.9 Å². The van der Waals surface area contributed by atoms with Gasteiger partial charge in [-0.3, -0.25) is 9.59 Å². The summed E-state index contributed by atoms with van der Waals surface area (Å²) in [7, 11) is -1.64.